The maximum atomic E-state index is 10.1. The van der Waals surface area contributed by atoms with Gasteiger partial charge in [-0.2, -0.15) is 5.10 Å². The van der Waals surface area contributed by atoms with Crippen LogP contribution in [-0.4, -0.2) is 67.6 Å². The molecule has 0 radical (unpaired) electrons. The molecule has 13 heteroatoms. The van der Waals surface area contributed by atoms with Crippen LogP contribution < -0.4 is 5.43 Å². The Bertz CT molecular complexity index is 675. The Hall–Kier alpha value is -0.0800. The van der Waals surface area contributed by atoms with Crippen molar-refractivity contribution in [2.45, 2.75) is 139 Å². The van der Waals surface area contributed by atoms with Gasteiger partial charge in [-0.25, -0.2) is 10.2 Å². The molecule has 1 unspecified atom stereocenters. The number of carbonyl (C=O) groups excluding carboxylic acids is 1. The summed E-state index contributed by atoms with van der Waals surface area (Å²) in [4.78, 5) is 20.1. The van der Waals surface area contributed by atoms with Crippen LogP contribution in [-0.2, 0) is 9.59 Å². The van der Waals surface area contributed by atoms with Crippen LogP contribution in [0.3, 0.4) is 0 Å². The van der Waals surface area contributed by atoms with Crippen LogP contribution in [0.15, 0.2) is 21.9 Å². The van der Waals surface area contributed by atoms with Crippen molar-refractivity contribution in [3.05, 3.63) is 11.6 Å². The lowest BCUT2D eigenvalue weighted by Crippen LogP contribution is -2.13. The van der Waals surface area contributed by atoms with Gasteiger partial charge in [-0.1, -0.05) is 132 Å². The third kappa shape index (κ3) is 78.4. The molecule has 0 aliphatic heterocycles. The van der Waals surface area contributed by atoms with Gasteiger partial charge in [0.25, 0.3) is 0 Å². The highest BCUT2D eigenvalue weighted by atomic mass is 33.1. The average molecular weight is 738 g/mol. The van der Waals surface area contributed by atoms with Gasteiger partial charge >= 0.3 is 5.97 Å². The van der Waals surface area contributed by atoms with E-state index >= 15 is 0 Å². The van der Waals surface area contributed by atoms with E-state index in [-0.39, 0.29) is 5.91 Å². The number of oxime groups is 1. The summed E-state index contributed by atoms with van der Waals surface area (Å²) < 4.78 is 0.473. The lowest BCUT2D eigenvalue weighted by molar-refractivity contribution is -0.131. The smallest absolute Gasteiger partial charge is 0.328 e. The number of carbonyl (C=O) groups is 2. The molecule has 3 N–H and O–H groups in total. The zero-order valence-electron chi connectivity index (χ0n) is 30.3. The molecule has 0 aliphatic carbocycles. The van der Waals surface area contributed by atoms with Gasteiger partial charge in [-0.15, -0.1) is 5.16 Å². The van der Waals surface area contributed by atoms with Crippen molar-refractivity contribution in [3.8, 4) is 0 Å². The van der Waals surface area contributed by atoms with Crippen molar-refractivity contribution in [1.82, 2.24) is 5.43 Å². The molecule has 0 heterocycles. The summed E-state index contributed by atoms with van der Waals surface area (Å²) in [5.74, 6) is 4.01. The summed E-state index contributed by atoms with van der Waals surface area (Å²) >= 11 is 0. The third-order valence-corrected chi connectivity index (χ3v) is 13.4. The van der Waals surface area contributed by atoms with E-state index in [9.17, 15) is 9.59 Å². The first-order valence-electron chi connectivity index (χ1n) is 15.2. The highest BCUT2D eigenvalue weighted by Gasteiger charge is 2.14. The number of nitrogens with zero attached hydrogens (tertiary/aromatic N) is 2. The van der Waals surface area contributed by atoms with E-state index < -0.39 is 5.97 Å². The van der Waals surface area contributed by atoms with Gasteiger partial charge in [0.05, 0.1) is 0 Å². The second kappa shape index (κ2) is 47.3. The van der Waals surface area contributed by atoms with Crippen LogP contribution >= 0.6 is 64.8 Å². The summed E-state index contributed by atoms with van der Waals surface area (Å²) in [7, 11) is 11.8. The Morgan fingerprint density at radius 1 is 0.886 bits per heavy atom. The molecule has 0 aliphatic rings. The number of aliphatic carboxylic acids is 1. The lowest BCUT2D eigenvalue weighted by atomic mass is 10.1. The molecule has 1 amide bonds. The number of amides is 1. The topological polar surface area (TPSA) is 111 Å². The number of hydrazone groups is 1. The van der Waals surface area contributed by atoms with E-state index in [4.69, 9.17) is 10.3 Å². The standard InChI is InChI=1S/C7H12O2.C7H16S2.C6H14S2.C5H10N2O.C5H12S2.CH3NO/c1-3-4-6(2)5-7(8)9;1-5-7(3,4)9-8-6-2;1-4-6(3)8-7-5-2;1-4(2)6-7-5(3)8;1-3-5-7-6-4-2;1-2-3/h5H,3-4H2,1-2H3,(H,8,9);5-6H2,1-4H3;6H,4-5H2,1-3H3;1-3H3,(H,7,8);3-5H2,1-2H3;3H,1H2. The largest absolute Gasteiger partial charge is 0.478 e. The Labute approximate surface area is 296 Å². The molecule has 0 saturated heterocycles. The van der Waals surface area contributed by atoms with E-state index in [2.05, 4.69) is 84.7 Å². The van der Waals surface area contributed by atoms with Crippen LogP contribution in [0.25, 0.3) is 0 Å². The van der Waals surface area contributed by atoms with Gasteiger partial charge in [0.15, 0.2) is 0 Å². The summed E-state index contributed by atoms with van der Waals surface area (Å²) in [6.07, 6.45) is 6.99. The van der Waals surface area contributed by atoms with Gasteiger partial charge < -0.3 is 10.3 Å². The number of nitrogens with one attached hydrogen (secondary N) is 1. The van der Waals surface area contributed by atoms with E-state index in [1.807, 2.05) is 92.5 Å². The molecule has 0 spiro atoms. The van der Waals surface area contributed by atoms with E-state index in [1.165, 1.54) is 55.3 Å². The molecule has 0 rings (SSSR count). The minimum atomic E-state index is -0.846. The van der Waals surface area contributed by atoms with Gasteiger partial charge in [0.2, 0.25) is 5.91 Å². The normalized spacial score (nSPS) is 10.5. The van der Waals surface area contributed by atoms with Crippen molar-refractivity contribution < 1.29 is 19.9 Å². The predicted molar refractivity (Wildman–Crippen MR) is 217 cm³/mol. The van der Waals surface area contributed by atoms with Gasteiger partial charge in [0.1, 0.15) is 0 Å². The molecule has 44 heavy (non-hydrogen) atoms. The van der Waals surface area contributed by atoms with Crippen molar-refractivity contribution in [2.75, 3.05) is 23.0 Å². The summed E-state index contributed by atoms with van der Waals surface area (Å²) in [6.45, 7) is 31.7. The summed E-state index contributed by atoms with van der Waals surface area (Å²) in [5, 5.41) is 22.0. The zero-order chi connectivity index (χ0) is 35.8. The van der Waals surface area contributed by atoms with Crippen molar-refractivity contribution in [3.63, 3.8) is 0 Å². The third-order valence-electron chi connectivity index (χ3n) is 4.12. The summed E-state index contributed by atoms with van der Waals surface area (Å²) in [5.41, 5.74) is 4.08. The number of hydrogen-bond acceptors (Lipinski definition) is 11. The molecule has 0 saturated carbocycles. The number of hydrogen-bond donors (Lipinski definition) is 3. The van der Waals surface area contributed by atoms with E-state index in [1.54, 1.807) is 0 Å². The quantitative estimate of drug-likeness (QED) is 0.0353. The number of carboxylic acids is 1. The molecule has 0 fully saturated rings. The molecular weight excluding hydrogens is 671 g/mol. The van der Waals surface area contributed by atoms with Crippen LogP contribution in [0.4, 0.5) is 0 Å². The molecule has 0 bridgehead atoms. The molecule has 0 aromatic rings. The number of carboxylic acid groups (broad SMARTS) is 1. The van der Waals surface area contributed by atoms with Crippen molar-refractivity contribution in [2.24, 2.45) is 10.3 Å². The first kappa shape index (κ1) is 56.3. The maximum absolute atomic E-state index is 10.1. The molecule has 0 aromatic carbocycles. The van der Waals surface area contributed by atoms with Crippen LogP contribution in [0, 0.1) is 0 Å². The van der Waals surface area contributed by atoms with E-state index in [0.717, 1.165) is 29.4 Å². The number of allylic oxidation sites excluding steroid dienone is 1. The maximum Gasteiger partial charge on any atom is 0.328 e. The molecule has 7 nitrogen and oxygen atoms in total. The number of rotatable bonds is 16. The fourth-order valence-corrected chi connectivity index (χ4v) is 7.66. The van der Waals surface area contributed by atoms with E-state index in [0.29, 0.717) is 4.75 Å². The van der Waals surface area contributed by atoms with Crippen molar-refractivity contribution in [1.29, 1.82) is 0 Å². The molecule has 1 atom stereocenters. The highest BCUT2D eigenvalue weighted by Crippen LogP contribution is 2.37. The van der Waals surface area contributed by atoms with Gasteiger partial charge in [-0.05, 0) is 60.3 Å². The van der Waals surface area contributed by atoms with Crippen LogP contribution in [0.2, 0.25) is 0 Å². The molecule has 0 aromatic heterocycles. The second-order valence-corrected chi connectivity index (χ2v) is 18.8. The monoisotopic (exact) mass is 737 g/mol. The Kier molecular flexibility index (Phi) is 60.5. The first-order valence-corrected chi connectivity index (χ1v) is 22.3. The fourth-order valence-electron chi connectivity index (χ4n) is 1.62. The lowest BCUT2D eigenvalue weighted by Gasteiger charge is -2.19. The molecular formula is C31H67N3O4S6. The van der Waals surface area contributed by atoms with Crippen molar-refractivity contribution >= 4 is 89.1 Å². The van der Waals surface area contributed by atoms with Crippen LogP contribution in [0.1, 0.15) is 129 Å². The van der Waals surface area contributed by atoms with Gasteiger partial charge in [-0.3, -0.25) is 4.79 Å². The van der Waals surface area contributed by atoms with Gasteiger partial charge in [0, 0.05) is 58.4 Å². The average Bonchev–Trinajstić information content (AvgIpc) is 2.95. The zero-order valence-corrected chi connectivity index (χ0v) is 35.2. The SMILES string of the molecule is C=NO.CC(=O)NN=C(C)C.CCCC(C)=CC(=O)O.CCCSSCC.CCSSC(C)(C)CC.CCSSC(C)CC. The van der Waals surface area contributed by atoms with Crippen LogP contribution in [0.5, 0.6) is 0 Å². The summed E-state index contributed by atoms with van der Waals surface area (Å²) in [6, 6.07) is 0. The Morgan fingerprint density at radius 3 is 1.68 bits per heavy atom. The molecule has 266 valence electrons. The Morgan fingerprint density at radius 2 is 1.39 bits per heavy atom. The fraction of sp³-hybridized carbons (Fsp3) is 0.806. The Balaban J connectivity index is -0.000000100. The predicted octanol–water partition coefficient (Wildman–Crippen LogP) is 12.0. The minimum absolute atomic E-state index is 0.133. The second-order valence-electron chi connectivity index (χ2n) is 9.50. The first-order chi connectivity index (χ1) is 20.5. The highest BCUT2D eigenvalue weighted by molar-refractivity contribution is 8.77. The minimum Gasteiger partial charge on any atom is -0.478 e.